The van der Waals surface area contributed by atoms with Crippen LogP contribution in [0.2, 0.25) is 0 Å². The topological polar surface area (TPSA) is 89.7 Å². The Labute approximate surface area is 98.8 Å². The number of rotatable bonds is 5. The van der Waals surface area contributed by atoms with Crippen LogP contribution in [0.15, 0.2) is 18.2 Å². The van der Waals surface area contributed by atoms with E-state index in [0.29, 0.717) is 12.2 Å². The zero-order valence-electron chi connectivity index (χ0n) is 9.62. The Bertz CT molecular complexity index is 474. The van der Waals surface area contributed by atoms with Crippen molar-refractivity contribution in [1.29, 1.82) is 0 Å². The first-order valence-electron chi connectivity index (χ1n) is 5.03. The van der Waals surface area contributed by atoms with Gasteiger partial charge in [-0.2, -0.15) is 0 Å². The van der Waals surface area contributed by atoms with Crippen molar-refractivity contribution in [1.82, 2.24) is 0 Å². The largest absolute Gasteiger partial charge is 0.502 e. The molecule has 0 amide bonds. The highest BCUT2D eigenvalue weighted by atomic mass is 31.2. The minimum atomic E-state index is -2.75. The third-order valence-corrected chi connectivity index (χ3v) is 3.85. The van der Waals surface area contributed by atoms with Gasteiger partial charge in [-0.05, 0) is 18.6 Å². The van der Waals surface area contributed by atoms with Crippen molar-refractivity contribution in [2.45, 2.75) is 13.1 Å². The lowest BCUT2D eigenvalue weighted by Crippen LogP contribution is -1.94. The summed E-state index contributed by atoms with van der Waals surface area (Å²) in [6.45, 7) is 3.57. The number of phenols is 1. The molecule has 0 saturated heterocycles. The standard InChI is InChI=1S/C10H14NO5P/c1-3-16-17(2,15)7-8-4-5-9(11(13)14)10(12)6-8/h4-6,12H,3,7H2,1-2H3. The average Bonchev–Trinajstić information content (AvgIpc) is 2.15. The summed E-state index contributed by atoms with van der Waals surface area (Å²) in [7, 11) is -2.75. The summed E-state index contributed by atoms with van der Waals surface area (Å²) in [4.78, 5) is 9.81. The predicted octanol–water partition coefficient (Wildman–Crippen LogP) is 2.74. The monoisotopic (exact) mass is 259 g/mol. The van der Waals surface area contributed by atoms with Crippen LogP contribution in [0.25, 0.3) is 0 Å². The summed E-state index contributed by atoms with van der Waals surface area (Å²) in [5, 5.41) is 19.9. The minimum Gasteiger partial charge on any atom is -0.502 e. The molecule has 0 heterocycles. The lowest BCUT2D eigenvalue weighted by atomic mass is 10.2. The Balaban J connectivity index is 2.92. The summed E-state index contributed by atoms with van der Waals surface area (Å²) >= 11 is 0. The van der Waals surface area contributed by atoms with Crippen LogP contribution >= 0.6 is 7.37 Å². The van der Waals surface area contributed by atoms with Gasteiger partial charge in [0.25, 0.3) is 0 Å². The molecule has 0 radical (unpaired) electrons. The number of hydrogen-bond donors (Lipinski definition) is 1. The van der Waals surface area contributed by atoms with E-state index >= 15 is 0 Å². The quantitative estimate of drug-likeness (QED) is 0.498. The molecule has 0 spiro atoms. The van der Waals surface area contributed by atoms with Gasteiger partial charge in [0.2, 0.25) is 7.37 Å². The van der Waals surface area contributed by atoms with Gasteiger partial charge in [0.15, 0.2) is 5.75 Å². The molecule has 7 heteroatoms. The lowest BCUT2D eigenvalue weighted by Gasteiger charge is -2.12. The number of nitrogens with zero attached hydrogens (tertiary/aromatic N) is 1. The van der Waals surface area contributed by atoms with Gasteiger partial charge in [-0.3, -0.25) is 14.7 Å². The molecule has 0 fully saturated rings. The van der Waals surface area contributed by atoms with Crippen LogP contribution in [0, 0.1) is 10.1 Å². The maximum Gasteiger partial charge on any atom is 0.310 e. The normalized spacial score (nSPS) is 14.2. The molecule has 1 atom stereocenters. The lowest BCUT2D eigenvalue weighted by molar-refractivity contribution is -0.385. The van der Waals surface area contributed by atoms with Crippen molar-refractivity contribution in [3.63, 3.8) is 0 Å². The molecule has 0 aromatic heterocycles. The van der Waals surface area contributed by atoms with E-state index in [9.17, 15) is 19.8 Å². The fourth-order valence-corrected chi connectivity index (χ4v) is 2.97. The number of aromatic hydroxyl groups is 1. The molecular formula is C10H14NO5P. The maximum atomic E-state index is 11.9. The Morgan fingerprint density at radius 2 is 2.18 bits per heavy atom. The Hall–Kier alpha value is -1.39. The molecule has 0 aliphatic heterocycles. The van der Waals surface area contributed by atoms with Crippen molar-refractivity contribution >= 4 is 13.1 Å². The smallest absolute Gasteiger partial charge is 0.310 e. The first-order chi connectivity index (χ1) is 7.85. The fraction of sp³-hybridized carbons (Fsp3) is 0.400. The third kappa shape index (κ3) is 3.84. The number of hydrogen-bond acceptors (Lipinski definition) is 5. The number of nitro groups is 1. The zero-order chi connectivity index (χ0) is 13.1. The van der Waals surface area contributed by atoms with Gasteiger partial charge in [0, 0.05) is 18.9 Å². The summed E-state index contributed by atoms with van der Waals surface area (Å²) in [5.41, 5.74) is 0.184. The Kier molecular flexibility index (Phi) is 4.26. The molecule has 0 saturated carbocycles. The summed E-state index contributed by atoms with van der Waals surface area (Å²) in [6.07, 6.45) is 0.145. The average molecular weight is 259 g/mol. The van der Waals surface area contributed by atoms with E-state index < -0.39 is 18.0 Å². The van der Waals surface area contributed by atoms with Crippen LogP contribution < -0.4 is 0 Å². The van der Waals surface area contributed by atoms with Gasteiger partial charge in [0.05, 0.1) is 11.5 Å². The van der Waals surface area contributed by atoms with Crippen LogP contribution in [0.4, 0.5) is 5.69 Å². The highest BCUT2D eigenvalue weighted by molar-refractivity contribution is 7.57. The van der Waals surface area contributed by atoms with Crippen LogP contribution in [-0.4, -0.2) is 23.3 Å². The summed E-state index contributed by atoms with van der Waals surface area (Å²) in [6, 6.07) is 3.90. The second kappa shape index (κ2) is 5.29. The minimum absolute atomic E-state index is 0.145. The van der Waals surface area contributed by atoms with Crippen molar-refractivity contribution in [2.24, 2.45) is 0 Å². The van der Waals surface area contributed by atoms with Gasteiger partial charge in [0.1, 0.15) is 0 Å². The molecule has 1 aromatic rings. The Morgan fingerprint density at radius 3 is 2.65 bits per heavy atom. The van der Waals surface area contributed by atoms with Crippen molar-refractivity contribution in [2.75, 3.05) is 13.3 Å². The fourth-order valence-electron chi connectivity index (χ4n) is 1.47. The highest BCUT2D eigenvalue weighted by Crippen LogP contribution is 2.46. The van der Waals surface area contributed by atoms with Crippen molar-refractivity contribution in [3.05, 3.63) is 33.9 Å². The molecule has 1 aromatic carbocycles. The molecular weight excluding hydrogens is 245 g/mol. The van der Waals surface area contributed by atoms with E-state index in [-0.39, 0.29) is 11.8 Å². The molecule has 6 nitrogen and oxygen atoms in total. The Morgan fingerprint density at radius 1 is 1.53 bits per heavy atom. The SMILES string of the molecule is CCOP(C)(=O)Cc1ccc([N+](=O)[O-])c(O)c1. The van der Waals surface area contributed by atoms with E-state index in [2.05, 4.69) is 0 Å². The van der Waals surface area contributed by atoms with E-state index in [1.807, 2.05) is 0 Å². The molecule has 17 heavy (non-hydrogen) atoms. The van der Waals surface area contributed by atoms with Gasteiger partial charge in [-0.25, -0.2) is 0 Å². The number of benzene rings is 1. The predicted molar refractivity (Wildman–Crippen MR) is 63.6 cm³/mol. The highest BCUT2D eigenvalue weighted by Gasteiger charge is 2.19. The summed E-state index contributed by atoms with van der Waals surface area (Å²) < 4.78 is 17.0. The number of nitro benzene ring substituents is 1. The van der Waals surface area contributed by atoms with Crippen molar-refractivity contribution < 1.29 is 19.1 Å². The molecule has 94 valence electrons. The molecule has 1 unspecified atom stereocenters. The van der Waals surface area contributed by atoms with Gasteiger partial charge >= 0.3 is 5.69 Å². The van der Waals surface area contributed by atoms with Crippen LogP contribution in [0.5, 0.6) is 5.75 Å². The number of phenolic OH excluding ortho intramolecular Hbond substituents is 1. The molecule has 0 aliphatic rings. The van der Waals surface area contributed by atoms with Gasteiger partial charge in [-0.15, -0.1) is 0 Å². The first-order valence-corrected chi connectivity index (χ1v) is 7.29. The van der Waals surface area contributed by atoms with Crippen LogP contribution in [0.3, 0.4) is 0 Å². The molecule has 1 N–H and O–H groups in total. The van der Waals surface area contributed by atoms with Gasteiger partial charge in [-0.1, -0.05) is 6.07 Å². The van der Waals surface area contributed by atoms with Gasteiger partial charge < -0.3 is 9.63 Å². The van der Waals surface area contributed by atoms with Crippen LogP contribution in [-0.2, 0) is 15.3 Å². The van der Waals surface area contributed by atoms with E-state index in [0.717, 1.165) is 0 Å². The maximum absolute atomic E-state index is 11.9. The summed E-state index contributed by atoms with van der Waals surface area (Å²) in [5.74, 6) is -0.427. The zero-order valence-corrected chi connectivity index (χ0v) is 10.5. The van der Waals surface area contributed by atoms with E-state index in [1.165, 1.54) is 24.9 Å². The molecule has 0 aliphatic carbocycles. The van der Waals surface area contributed by atoms with Crippen LogP contribution in [0.1, 0.15) is 12.5 Å². The third-order valence-electron chi connectivity index (χ3n) is 2.11. The van der Waals surface area contributed by atoms with E-state index in [4.69, 9.17) is 4.52 Å². The second-order valence-corrected chi connectivity index (χ2v) is 6.27. The second-order valence-electron chi connectivity index (χ2n) is 3.67. The van der Waals surface area contributed by atoms with E-state index in [1.54, 1.807) is 6.92 Å². The first kappa shape index (κ1) is 13.7. The molecule has 1 rings (SSSR count). The van der Waals surface area contributed by atoms with Crippen molar-refractivity contribution in [3.8, 4) is 5.75 Å². The molecule has 0 bridgehead atoms.